The number of sulfone groups is 1. The molecule has 120 valence electrons. The fourth-order valence-electron chi connectivity index (χ4n) is 3.07. The van der Waals surface area contributed by atoms with E-state index in [1.54, 1.807) is 11.8 Å². The second-order valence-corrected chi connectivity index (χ2v) is 8.03. The molecule has 2 aliphatic heterocycles. The van der Waals surface area contributed by atoms with Crippen molar-refractivity contribution in [2.75, 3.05) is 25.4 Å². The maximum absolute atomic E-state index is 12.5. The number of ether oxygens (including phenoxy) is 1. The van der Waals surface area contributed by atoms with Gasteiger partial charge in [0.05, 0.1) is 18.3 Å². The third kappa shape index (κ3) is 3.75. The van der Waals surface area contributed by atoms with Crippen molar-refractivity contribution in [3.05, 3.63) is 0 Å². The molecule has 0 aromatic heterocycles. The zero-order valence-corrected chi connectivity index (χ0v) is 13.2. The number of carbonyl (C=O) groups is 2. The number of amides is 1. The lowest BCUT2D eigenvalue weighted by Crippen LogP contribution is -2.50. The van der Waals surface area contributed by atoms with Gasteiger partial charge < -0.3 is 9.64 Å². The third-order valence-corrected chi connectivity index (χ3v) is 6.37. The summed E-state index contributed by atoms with van der Waals surface area (Å²) >= 11 is 0. The smallest absolute Gasteiger partial charge is 0.310 e. The molecule has 1 amide bonds. The van der Waals surface area contributed by atoms with E-state index in [-0.39, 0.29) is 30.1 Å². The minimum absolute atomic E-state index is 0.0958. The van der Waals surface area contributed by atoms with E-state index in [2.05, 4.69) is 0 Å². The second kappa shape index (κ2) is 6.77. The van der Waals surface area contributed by atoms with Gasteiger partial charge in [-0.25, -0.2) is 8.42 Å². The fourth-order valence-corrected chi connectivity index (χ4v) is 4.94. The van der Waals surface area contributed by atoms with Gasteiger partial charge in [0.2, 0.25) is 5.91 Å². The zero-order chi connectivity index (χ0) is 15.5. The molecule has 2 atom stereocenters. The van der Waals surface area contributed by atoms with Gasteiger partial charge in [-0.2, -0.15) is 0 Å². The molecule has 0 aromatic rings. The average Bonchev–Trinajstić information content (AvgIpc) is 2.46. The first kappa shape index (κ1) is 16.3. The van der Waals surface area contributed by atoms with Gasteiger partial charge >= 0.3 is 5.97 Å². The molecule has 0 aliphatic carbocycles. The van der Waals surface area contributed by atoms with Crippen LogP contribution in [0.1, 0.15) is 39.0 Å². The van der Waals surface area contributed by atoms with Crippen LogP contribution in [-0.4, -0.2) is 55.9 Å². The summed E-state index contributed by atoms with van der Waals surface area (Å²) < 4.78 is 29.1. The molecule has 2 fully saturated rings. The van der Waals surface area contributed by atoms with Gasteiger partial charge in [0.1, 0.15) is 5.25 Å². The standard InChI is InChI=1S/C14H23NO5S/c1-2-20-14(17)11-6-5-8-15(10-11)13(16)12-7-3-4-9-21(12,18)19/h11-12H,2-10H2,1H3/t11-,12?/m1/s1. The van der Waals surface area contributed by atoms with E-state index in [4.69, 9.17) is 4.74 Å². The Morgan fingerprint density at radius 3 is 2.62 bits per heavy atom. The quantitative estimate of drug-likeness (QED) is 0.718. The molecule has 0 spiro atoms. The molecule has 2 aliphatic rings. The highest BCUT2D eigenvalue weighted by molar-refractivity contribution is 7.92. The van der Waals surface area contributed by atoms with E-state index in [0.29, 0.717) is 38.8 Å². The molecule has 1 unspecified atom stereocenters. The van der Waals surface area contributed by atoms with E-state index < -0.39 is 15.1 Å². The van der Waals surface area contributed by atoms with E-state index >= 15 is 0 Å². The molecule has 0 N–H and O–H groups in total. The Kier molecular flexibility index (Phi) is 5.24. The second-order valence-electron chi connectivity index (χ2n) is 5.73. The first-order chi connectivity index (χ1) is 9.95. The minimum Gasteiger partial charge on any atom is -0.466 e. The van der Waals surface area contributed by atoms with E-state index in [9.17, 15) is 18.0 Å². The summed E-state index contributed by atoms with van der Waals surface area (Å²) in [6.45, 7) is 2.88. The molecule has 21 heavy (non-hydrogen) atoms. The lowest BCUT2D eigenvalue weighted by molar-refractivity contribution is -0.151. The molecule has 0 aromatic carbocycles. The molecule has 6 nitrogen and oxygen atoms in total. The summed E-state index contributed by atoms with van der Waals surface area (Å²) in [5.41, 5.74) is 0. The number of hydrogen-bond acceptors (Lipinski definition) is 5. The molecule has 0 saturated carbocycles. The molecular formula is C14H23NO5S. The fraction of sp³-hybridized carbons (Fsp3) is 0.857. The number of likely N-dealkylation sites (tertiary alicyclic amines) is 1. The van der Waals surface area contributed by atoms with Gasteiger partial charge in [-0.15, -0.1) is 0 Å². The predicted molar refractivity (Wildman–Crippen MR) is 77.4 cm³/mol. The van der Waals surface area contributed by atoms with Crippen LogP contribution in [0.2, 0.25) is 0 Å². The van der Waals surface area contributed by atoms with E-state index in [1.807, 2.05) is 0 Å². The topological polar surface area (TPSA) is 80.8 Å². The lowest BCUT2D eigenvalue weighted by atomic mass is 9.97. The maximum atomic E-state index is 12.5. The Morgan fingerprint density at radius 1 is 1.19 bits per heavy atom. The van der Waals surface area contributed by atoms with Gasteiger partial charge in [0.15, 0.2) is 9.84 Å². The first-order valence-electron chi connectivity index (χ1n) is 7.62. The number of nitrogens with zero attached hydrogens (tertiary/aromatic N) is 1. The monoisotopic (exact) mass is 317 g/mol. The largest absolute Gasteiger partial charge is 0.466 e. The molecule has 2 heterocycles. The van der Waals surface area contributed by atoms with E-state index in [1.165, 1.54) is 0 Å². The van der Waals surface area contributed by atoms with Crippen LogP contribution in [0, 0.1) is 5.92 Å². The highest BCUT2D eigenvalue weighted by atomic mass is 32.2. The first-order valence-corrected chi connectivity index (χ1v) is 9.34. The van der Waals surface area contributed by atoms with Crippen molar-refractivity contribution in [1.82, 2.24) is 4.90 Å². The van der Waals surface area contributed by atoms with Crippen molar-refractivity contribution in [1.29, 1.82) is 0 Å². The summed E-state index contributed by atoms with van der Waals surface area (Å²) in [6.07, 6.45) is 3.21. The Balaban J connectivity index is 2.03. The highest BCUT2D eigenvalue weighted by Crippen LogP contribution is 2.25. The SMILES string of the molecule is CCOC(=O)[C@@H]1CCCN(C(=O)C2CCCCS2(=O)=O)C1. The summed E-state index contributed by atoms with van der Waals surface area (Å²) in [5.74, 6) is -0.849. The third-order valence-electron chi connectivity index (χ3n) is 4.21. The van der Waals surface area contributed by atoms with Gasteiger partial charge in [0.25, 0.3) is 0 Å². The minimum atomic E-state index is -3.33. The van der Waals surface area contributed by atoms with Gasteiger partial charge in [0, 0.05) is 13.1 Å². The van der Waals surface area contributed by atoms with E-state index in [0.717, 1.165) is 6.42 Å². The van der Waals surface area contributed by atoms with Crippen molar-refractivity contribution < 1.29 is 22.7 Å². The molecular weight excluding hydrogens is 294 g/mol. The summed E-state index contributed by atoms with van der Waals surface area (Å²) in [7, 11) is -3.33. The summed E-state index contributed by atoms with van der Waals surface area (Å²) in [4.78, 5) is 25.8. The van der Waals surface area contributed by atoms with Crippen molar-refractivity contribution in [3.63, 3.8) is 0 Å². The van der Waals surface area contributed by atoms with Gasteiger partial charge in [-0.1, -0.05) is 6.42 Å². The number of carbonyl (C=O) groups excluding carboxylic acids is 2. The number of rotatable bonds is 3. The van der Waals surface area contributed by atoms with Crippen molar-refractivity contribution in [2.24, 2.45) is 5.92 Å². The van der Waals surface area contributed by atoms with Crippen molar-refractivity contribution >= 4 is 21.7 Å². The van der Waals surface area contributed by atoms with Crippen LogP contribution >= 0.6 is 0 Å². The van der Waals surface area contributed by atoms with Crippen LogP contribution in [0.4, 0.5) is 0 Å². The van der Waals surface area contributed by atoms with Crippen molar-refractivity contribution in [3.8, 4) is 0 Å². The summed E-state index contributed by atoms with van der Waals surface area (Å²) in [6, 6.07) is 0. The van der Waals surface area contributed by atoms with Crippen LogP contribution < -0.4 is 0 Å². The number of hydrogen-bond donors (Lipinski definition) is 0. The molecule has 0 bridgehead atoms. The van der Waals surface area contributed by atoms with Gasteiger partial charge in [-0.3, -0.25) is 9.59 Å². The molecule has 2 saturated heterocycles. The summed E-state index contributed by atoms with van der Waals surface area (Å²) in [5, 5.41) is -0.910. The normalized spacial score (nSPS) is 28.9. The predicted octanol–water partition coefficient (Wildman–Crippen LogP) is 0.755. The van der Waals surface area contributed by atoms with Gasteiger partial charge in [-0.05, 0) is 32.6 Å². The van der Waals surface area contributed by atoms with Crippen LogP contribution in [0.15, 0.2) is 0 Å². The van der Waals surface area contributed by atoms with Crippen molar-refractivity contribution in [2.45, 2.75) is 44.3 Å². The van der Waals surface area contributed by atoms with Crippen LogP contribution in [0.3, 0.4) is 0 Å². The van der Waals surface area contributed by atoms with Crippen LogP contribution in [-0.2, 0) is 24.2 Å². The molecule has 0 radical (unpaired) electrons. The maximum Gasteiger partial charge on any atom is 0.310 e. The Morgan fingerprint density at radius 2 is 1.95 bits per heavy atom. The zero-order valence-electron chi connectivity index (χ0n) is 12.4. The molecule has 2 rings (SSSR count). The number of piperidine rings is 1. The average molecular weight is 317 g/mol. The van der Waals surface area contributed by atoms with Crippen LogP contribution in [0.25, 0.3) is 0 Å². The van der Waals surface area contributed by atoms with Crippen LogP contribution in [0.5, 0.6) is 0 Å². The Bertz CT molecular complexity index is 501. The Hall–Kier alpha value is -1.11. The Labute approximate surface area is 125 Å². The number of esters is 1. The molecule has 7 heteroatoms. The lowest BCUT2D eigenvalue weighted by Gasteiger charge is -2.34. The highest BCUT2D eigenvalue weighted by Gasteiger charge is 2.39.